The minimum atomic E-state index is -0.0327. The standard InChI is InChI=1S/C13H21N5O/c1-17(2)10-4-3-7-18(8-10)13(19)12-14-11(15-16-12)9-5-6-9/h9-10H,3-8H2,1-2H3,(H,14,15,16). The van der Waals surface area contributed by atoms with Crippen LogP contribution in [0.15, 0.2) is 0 Å². The molecule has 6 nitrogen and oxygen atoms in total. The lowest BCUT2D eigenvalue weighted by atomic mass is 10.0. The average molecular weight is 263 g/mol. The third kappa shape index (κ3) is 2.63. The molecule has 1 aliphatic heterocycles. The summed E-state index contributed by atoms with van der Waals surface area (Å²) in [5, 5.41) is 6.98. The van der Waals surface area contributed by atoms with Crippen LogP contribution in [0, 0.1) is 0 Å². The van der Waals surface area contributed by atoms with Gasteiger partial charge in [0.1, 0.15) is 5.82 Å². The largest absolute Gasteiger partial charge is 0.334 e. The van der Waals surface area contributed by atoms with Crippen molar-refractivity contribution in [1.82, 2.24) is 25.0 Å². The van der Waals surface area contributed by atoms with Crippen molar-refractivity contribution < 1.29 is 4.79 Å². The first-order valence-electron chi connectivity index (χ1n) is 7.03. The van der Waals surface area contributed by atoms with Crippen molar-refractivity contribution in [1.29, 1.82) is 0 Å². The molecule has 0 radical (unpaired) electrons. The van der Waals surface area contributed by atoms with Crippen LogP contribution in [-0.2, 0) is 0 Å². The molecule has 0 aromatic carbocycles. The molecule has 1 N–H and O–H groups in total. The summed E-state index contributed by atoms with van der Waals surface area (Å²) in [7, 11) is 4.13. The Hall–Kier alpha value is -1.43. The van der Waals surface area contributed by atoms with Crippen LogP contribution in [0.1, 0.15) is 48.0 Å². The molecule has 1 atom stereocenters. The van der Waals surface area contributed by atoms with Crippen molar-refractivity contribution in [2.75, 3.05) is 27.2 Å². The number of likely N-dealkylation sites (tertiary alicyclic amines) is 1. The molecule has 104 valence electrons. The molecule has 2 heterocycles. The molecule has 1 aromatic heterocycles. The molecule has 1 saturated carbocycles. The molecule has 1 amide bonds. The second kappa shape index (κ2) is 4.92. The number of aromatic nitrogens is 3. The molecule has 2 fully saturated rings. The fourth-order valence-corrected chi connectivity index (χ4v) is 2.61. The van der Waals surface area contributed by atoms with Gasteiger partial charge in [0.25, 0.3) is 5.91 Å². The lowest BCUT2D eigenvalue weighted by Crippen LogP contribution is -2.47. The van der Waals surface area contributed by atoms with Crippen molar-refractivity contribution >= 4 is 5.91 Å². The zero-order valence-electron chi connectivity index (χ0n) is 11.6. The quantitative estimate of drug-likeness (QED) is 0.878. The fraction of sp³-hybridized carbons (Fsp3) is 0.769. The van der Waals surface area contributed by atoms with E-state index in [0.29, 0.717) is 17.8 Å². The van der Waals surface area contributed by atoms with E-state index in [2.05, 4.69) is 34.2 Å². The Kier molecular flexibility index (Phi) is 3.26. The molecule has 6 heteroatoms. The van der Waals surface area contributed by atoms with Gasteiger partial charge in [0, 0.05) is 25.0 Å². The second-order valence-electron chi connectivity index (χ2n) is 5.83. The fourth-order valence-electron chi connectivity index (χ4n) is 2.61. The van der Waals surface area contributed by atoms with Crippen molar-refractivity contribution in [3.8, 4) is 0 Å². The Balaban J connectivity index is 1.68. The highest BCUT2D eigenvalue weighted by atomic mass is 16.2. The third-order valence-electron chi connectivity index (χ3n) is 4.07. The first-order chi connectivity index (χ1) is 9.15. The number of likely N-dealkylation sites (N-methyl/N-ethyl adjacent to an activating group) is 1. The summed E-state index contributed by atoms with van der Waals surface area (Å²) < 4.78 is 0. The van der Waals surface area contributed by atoms with E-state index in [9.17, 15) is 4.79 Å². The summed E-state index contributed by atoms with van der Waals surface area (Å²) in [6, 6.07) is 0.444. The SMILES string of the molecule is CN(C)C1CCCN(C(=O)c2n[nH]c(C3CC3)n2)C1. The van der Waals surface area contributed by atoms with Gasteiger partial charge in [-0.1, -0.05) is 0 Å². The molecule has 0 spiro atoms. The van der Waals surface area contributed by atoms with E-state index >= 15 is 0 Å². The van der Waals surface area contributed by atoms with Crippen LogP contribution in [0.5, 0.6) is 0 Å². The van der Waals surface area contributed by atoms with Gasteiger partial charge in [-0.25, -0.2) is 4.98 Å². The van der Waals surface area contributed by atoms with E-state index < -0.39 is 0 Å². The summed E-state index contributed by atoms with van der Waals surface area (Å²) in [6.07, 6.45) is 4.52. The first kappa shape index (κ1) is 12.6. The number of piperidine rings is 1. The number of carbonyl (C=O) groups excluding carboxylic acids is 1. The smallest absolute Gasteiger partial charge is 0.293 e. The summed E-state index contributed by atoms with van der Waals surface area (Å²) in [4.78, 5) is 20.8. The van der Waals surface area contributed by atoms with Crippen LogP contribution in [0.4, 0.5) is 0 Å². The number of carbonyl (C=O) groups is 1. The van der Waals surface area contributed by atoms with E-state index in [1.807, 2.05) is 4.90 Å². The maximum Gasteiger partial charge on any atom is 0.293 e. The highest BCUT2D eigenvalue weighted by molar-refractivity contribution is 5.90. The summed E-state index contributed by atoms with van der Waals surface area (Å²) in [6.45, 7) is 1.59. The third-order valence-corrected chi connectivity index (χ3v) is 4.07. The minimum absolute atomic E-state index is 0.0327. The molecule has 1 unspecified atom stereocenters. The van der Waals surface area contributed by atoms with Gasteiger partial charge in [0.05, 0.1) is 0 Å². The Morgan fingerprint density at radius 3 is 2.84 bits per heavy atom. The zero-order valence-corrected chi connectivity index (χ0v) is 11.6. The van der Waals surface area contributed by atoms with Gasteiger partial charge in [-0.2, -0.15) is 0 Å². The van der Waals surface area contributed by atoms with Crippen LogP contribution >= 0.6 is 0 Å². The number of nitrogens with one attached hydrogen (secondary N) is 1. The minimum Gasteiger partial charge on any atom is -0.334 e. The van der Waals surface area contributed by atoms with Crippen LogP contribution in [0.3, 0.4) is 0 Å². The number of rotatable bonds is 3. The van der Waals surface area contributed by atoms with E-state index in [0.717, 1.165) is 44.6 Å². The van der Waals surface area contributed by atoms with Crippen molar-refractivity contribution in [2.24, 2.45) is 0 Å². The predicted molar refractivity (Wildman–Crippen MR) is 71.0 cm³/mol. The summed E-state index contributed by atoms with van der Waals surface area (Å²) >= 11 is 0. The number of hydrogen-bond donors (Lipinski definition) is 1. The molecule has 1 aromatic rings. The summed E-state index contributed by atoms with van der Waals surface area (Å²) in [5.74, 6) is 1.69. The monoisotopic (exact) mass is 263 g/mol. The van der Waals surface area contributed by atoms with Gasteiger partial charge in [-0.3, -0.25) is 9.89 Å². The first-order valence-corrected chi connectivity index (χ1v) is 7.03. The van der Waals surface area contributed by atoms with Gasteiger partial charge in [-0.15, -0.1) is 5.10 Å². The summed E-state index contributed by atoms with van der Waals surface area (Å²) in [5.41, 5.74) is 0. The van der Waals surface area contributed by atoms with E-state index in [4.69, 9.17) is 0 Å². The maximum absolute atomic E-state index is 12.4. The van der Waals surface area contributed by atoms with Crippen LogP contribution < -0.4 is 0 Å². The van der Waals surface area contributed by atoms with Gasteiger partial charge in [0.2, 0.25) is 5.82 Å². The molecular weight excluding hydrogens is 242 g/mol. The molecule has 0 bridgehead atoms. The lowest BCUT2D eigenvalue weighted by molar-refractivity contribution is 0.0623. The van der Waals surface area contributed by atoms with Gasteiger partial charge in [0.15, 0.2) is 0 Å². The molecule has 1 aliphatic carbocycles. The van der Waals surface area contributed by atoms with Crippen LogP contribution in [-0.4, -0.2) is 64.1 Å². The Morgan fingerprint density at radius 1 is 1.37 bits per heavy atom. The highest BCUT2D eigenvalue weighted by Gasteiger charge is 2.31. The van der Waals surface area contributed by atoms with Crippen LogP contribution in [0.25, 0.3) is 0 Å². The Bertz CT molecular complexity index is 465. The number of hydrogen-bond acceptors (Lipinski definition) is 4. The van der Waals surface area contributed by atoms with Gasteiger partial charge < -0.3 is 9.80 Å². The molecular formula is C13H21N5O. The van der Waals surface area contributed by atoms with Crippen molar-refractivity contribution in [2.45, 2.75) is 37.6 Å². The van der Waals surface area contributed by atoms with Crippen LogP contribution in [0.2, 0.25) is 0 Å². The molecule has 19 heavy (non-hydrogen) atoms. The van der Waals surface area contributed by atoms with Crippen molar-refractivity contribution in [3.05, 3.63) is 11.6 Å². The zero-order chi connectivity index (χ0) is 13.4. The number of nitrogens with zero attached hydrogens (tertiary/aromatic N) is 4. The van der Waals surface area contributed by atoms with Crippen molar-refractivity contribution in [3.63, 3.8) is 0 Å². The highest BCUT2D eigenvalue weighted by Crippen LogP contribution is 2.37. The van der Waals surface area contributed by atoms with Gasteiger partial charge in [-0.05, 0) is 39.8 Å². The van der Waals surface area contributed by atoms with E-state index in [1.165, 1.54) is 0 Å². The number of H-pyrrole nitrogens is 1. The number of aromatic amines is 1. The predicted octanol–water partition coefficient (Wildman–Crippen LogP) is 0.848. The maximum atomic E-state index is 12.4. The van der Waals surface area contributed by atoms with E-state index in [1.54, 1.807) is 0 Å². The average Bonchev–Trinajstić information content (AvgIpc) is 3.16. The lowest BCUT2D eigenvalue weighted by Gasteiger charge is -2.35. The second-order valence-corrected chi connectivity index (χ2v) is 5.83. The molecule has 1 saturated heterocycles. The Morgan fingerprint density at radius 2 is 2.16 bits per heavy atom. The molecule has 3 rings (SSSR count). The van der Waals surface area contributed by atoms with Gasteiger partial charge >= 0.3 is 0 Å². The number of amides is 1. The normalized spacial score (nSPS) is 23.9. The molecule has 2 aliphatic rings. The Labute approximate surface area is 113 Å². The topological polar surface area (TPSA) is 65.1 Å². The van der Waals surface area contributed by atoms with E-state index in [-0.39, 0.29) is 5.91 Å².